The van der Waals surface area contributed by atoms with Crippen LogP contribution in [-0.4, -0.2) is 41.0 Å². The van der Waals surface area contributed by atoms with Gasteiger partial charge >= 0.3 is 11.9 Å². The van der Waals surface area contributed by atoms with Gasteiger partial charge in [0.15, 0.2) is 0 Å². The Balaban J connectivity index is 1.60. The number of aliphatic hydroxyl groups excluding tert-OH is 1. The standard InChI is InChI=1S/C23H35FO5/c1-13(25)28-15-7-10-22(4)18-8-9-21(3)17(5-6-20(21)29-14(2)26)16(18)11-19(27)23(22,24)12-15/h15-20,27H,5-12H2,1-4H3/t15-,16-,17-,18-,19+,20-,21-,22+,23-/m0/s1. The molecular weight excluding hydrogens is 375 g/mol. The van der Waals surface area contributed by atoms with Gasteiger partial charge in [-0.2, -0.15) is 0 Å². The largest absolute Gasteiger partial charge is 0.462 e. The molecule has 0 spiro atoms. The molecular formula is C23H35FO5. The van der Waals surface area contributed by atoms with Gasteiger partial charge in [0.05, 0.1) is 6.10 Å². The molecule has 9 atom stereocenters. The molecule has 0 aromatic rings. The van der Waals surface area contributed by atoms with Crippen molar-refractivity contribution < 1.29 is 28.6 Å². The zero-order valence-electron chi connectivity index (χ0n) is 18.1. The lowest BCUT2D eigenvalue weighted by molar-refractivity contribution is -0.236. The van der Waals surface area contributed by atoms with Crippen molar-refractivity contribution in [2.75, 3.05) is 0 Å². The molecule has 0 saturated heterocycles. The van der Waals surface area contributed by atoms with E-state index in [0.717, 1.165) is 25.7 Å². The summed E-state index contributed by atoms with van der Waals surface area (Å²) in [4.78, 5) is 23.0. The highest BCUT2D eigenvalue weighted by Crippen LogP contribution is 2.68. The first-order valence-corrected chi connectivity index (χ1v) is 11.2. The van der Waals surface area contributed by atoms with Gasteiger partial charge in [0.1, 0.15) is 17.9 Å². The van der Waals surface area contributed by atoms with Crippen molar-refractivity contribution in [3.63, 3.8) is 0 Å². The van der Waals surface area contributed by atoms with Crippen molar-refractivity contribution in [2.24, 2.45) is 28.6 Å². The molecule has 4 fully saturated rings. The summed E-state index contributed by atoms with van der Waals surface area (Å²) in [6, 6.07) is 0. The zero-order valence-corrected chi connectivity index (χ0v) is 18.1. The summed E-state index contributed by atoms with van der Waals surface area (Å²) in [5, 5.41) is 11.0. The van der Waals surface area contributed by atoms with Crippen molar-refractivity contribution in [2.45, 2.75) is 103 Å². The summed E-state index contributed by atoms with van der Waals surface area (Å²) in [7, 11) is 0. The van der Waals surface area contributed by atoms with E-state index >= 15 is 4.39 Å². The van der Waals surface area contributed by atoms with Gasteiger partial charge in [-0.1, -0.05) is 13.8 Å². The van der Waals surface area contributed by atoms with Crippen LogP contribution in [0.15, 0.2) is 0 Å². The third kappa shape index (κ3) is 3.03. The summed E-state index contributed by atoms with van der Waals surface area (Å²) >= 11 is 0. The Morgan fingerprint density at radius 3 is 2.31 bits per heavy atom. The predicted octanol–water partition coefficient (Wildman–Crippen LogP) is 3.96. The van der Waals surface area contributed by atoms with E-state index in [9.17, 15) is 14.7 Å². The Hall–Kier alpha value is -1.17. The number of carbonyl (C=O) groups excluding carboxylic acids is 2. The lowest BCUT2D eigenvalue weighted by atomic mass is 9.43. The molecule has 5 nitrogen and oxygen atoms in total. The molecule has 4 rings (SSSR count). The van der Waals surface area contributed by atoms with Gasteiger partial charge in [-0.25, -0.2) is 4.39 Å². The molecule has 4 aliphatic rings. The van der Waals surface area contributed by atoms with Gasteiger partial charge in [0.25, 0.3) is 0 Å². The highest BCUT2D eigenvalue weighted by Gasteiger charge is 2.69. The summed E-state index contributed by atoms with van der Waals surface area (Å²) in [6.45, 7) is 7.05. The van der Waals surface area contributed by atoms with E-state index in [1.165, 1.54) is 13.8 Å². The minimum Gasteiger partial charge on any atom is -0.462 e. The number of alkyl halides is 1. The maximum atomic E-state index is 16.4. The molecule has 29 heavy (non-hydrogen) atoms. The third-order valence-electron chi connectivity index (χ3n) is 9.29. The maximum Gasteiger partial charge on any atom is 0.302 e. The minimum atomic E-state index is -1.73. The summed E-state index contributed by atoms with van der Waals surface area (Å²) in [6.07, 6.45) is 3.85. The fourth-order valence-electron chi connectivity index (χ4n) is 7.88. The number of halogens is 1. The monoisotopic (exact) mass is 410 g/mol. The van der Waals surface area contributed by atoms with Gasteiger partial charge in [0.2, 0.25) is 0 Å². The second kappa shape index (κ2) is 6.93. The number of esters is 2. The van der Waals surface area contributed by atoms with Crippen molar-refractivity contribution >= 4 is 11.9 Å². The molecule has 0 aromatic carbocycles. The molecule has 164 valence electrons. The van der Waals surface area contributed by atoms with Crippen LogP contribution in [0.1, 0.15) is 79.1 Å². The van der Waals surface area contributed by atoms with E-state index in [0.29, 0.717) is 25.2 Å². The normalized spacial score (nSPS) is 51.4. The average Bonchev–Trinajstić information content (AvgIpc) is 2.93. The van der Waals surface area contributed by atoms with Crippen LogP contribution in [0.3, 0.4) is 0 Å². The highest BCUT2D eigenvalue weighted by atomic mass is 19.1. The number of ether oxygens (including phenoxy) is 2. The molecule has 0 bridgehead atoms. The molecule has 1 N–H and O–H groups in total. The van der Waals surface area contributed by atoms with Crippen molar-refractivity contribution in [3.8, 4) is 0 Å². The van der Waals surface area contributed by atoms with E-state index in [1.807, 2.05) is 6.92 Å². The first kappa shape index (κ1) is 21.1. The Bertz CT molecular complexity index is 697. The first-order valence-electron chi connectivity index (χ1n) is 11.2. The van der Waals surface area contributed by atoms with Gasteiger partial charge in [-0.05, 0) is 62.7 Å². The van der Waals surface area contributed by atoms with Crippen LogP contribution in [0.25, 0.3) is 0 Å². The summed E-state index contributed by atoms with van der Waals surface area (Å²) in [5.41, 5.74) is -2.44. The van der Waals surface area contributed by atoms with E-state index in [4.69, 9.17) is 9.47 Å². The van der Waals surface area contributed by atoms with Gasteiger partial charge in [0, 0.05) is 31.1 Å². The third-order valence-corrected chi connectivity index (χ3v) is 9.29. The highest BCUT2D eigenvalue weighted by molar-refractivity contribution is 5.66. The smallest absolute Gasteiger partial charge is 0.302 e. The Morgan fingerprint density at radius 2 is 1.66 bits per heavy atom. The van der Waals surface area contributed by atoms with E-state index in [-0.39, 0.29) is 41.7 Å². The fraction of sp³-hybridized carbons (Fsp3) is 0.913. The van der Waals surface area contributed by atoms with Crippen molar-refractivity contribution in [3.05, 3.63) is 0 Å². The van der Waals surface area contributed by atoms with Crippen molar-refractivity contribution in [1.82, 2.24) is 0 Å². The summed E-state index contributed by atoms with van der Waals surface area (Å²) < 4.78 is 27.4. The van der Waals surface area contributed by atoms with Gasteiger partial charge in [-0.3, -0.25) is 9.59 Å². The minimum absolute atomic E-state index is 0.0762. The predicted molar refractivity (Wildman–Crippen MR) is 105 cm³/mol. The number of fused-ring (bicyclic) bond motifs is 5. The molecule has 0 heterocycles. The van der Waals surface area contributed by atoms with Crippen LogP contribution < -0.4 is 0 Å². The molecule has 0 amide bonds. The Labute approximate surface area is 172 Å². The number of hydrogen-bond donors (Lipinski definition) is 1. The Morgan fingerprint density at radius 1 is 0.966 bits per heavy atom. The van der Waals surface area contributed by atoms with E-state index < -0.39 is 23.3 Å². The van der Waals surface area contributed by atoms with Gasteiger partial charge < -0.3 is 14.6 Å². The van der Waals surface area contributed by atoms with Crippen LogP contribution in [0.2, 0.25) is 0 Å². The second-order valence-electron chi connectivity index (χ2n) is 10.6. The molecule has 4 aliphatic carbocycles. The van der Waals surface area contributed by atoms with Crippen molar-refractivity contribution in [1.29, 1.82) is 0 Å². The molecule has 0 aromatic heterocycles. The van der Waals surface area contributed by atoms with Crippen LogP contribution in [0, 0.1) is 28.6 Å². The summed E-state index contributed by atoms with van der Waals surface area (Å²) in [5.74, 6) is 0.155. The molecule has 4 saturated carbocycles. The van der Waals surface area contributed by atoms with Crippen LogP contribution >= 0.6 is 0 Å². The fourth-order valence-corrected chi connectivity index (χ4v) is 7.88. The first-order chi connectivity index (χ1) is 13.5. The average molecular weight is 411 g/mol. The van der Waals surface area contributed by atoms with Crippen LogP contribution in [0.4, 0.5) is 4.39 Å². The molecule has 0 aliphatic heterocycles. The second-order valence-corrected chi connectivity index (χ2v) is 10.6. The number of aliphatic hydroxyl groups is 1. The number of rotatable bonds is 2. The molecule has 6 heteroatoms. The number of hydrogen-bond acceptors (Lipinski definition) is 5. The molecule has 0 unspecified atom stereocenters. The van der Waals surface area contributed by atoms with Crippen LogP contribution in [0.5, 0.6) is 0 Å². The molecule has 0 radical (unpaired) electrons. The van der Waals surface area contributed by atoms with E-state index in [2.05, 4.69) is 6.92 Å². The lowest BCUT2D eigenvalue weighted by Crippen LogP contribution is -2.66. The zero-order chi connectivity index (χ0) is 21.2. The topological polar surface area (TPSA) is 72.8 Å². The maximum absolute atomic E-state index is 16.4. The van der Waals surface area contributed by atoms with Crippen LogP contribution in [-0.2, 0) is 19.1 Å². The quantitative estimate of drug-likeness (QED) is 0.698. The SMILES string of the molecule is CC(=O)O[C@H]1CC[C@]2(C)[C@H]3CC[C@]4(C)[C@@H](OC(C)=O)CC[C@H]4[C@@H]3C[C@@H](O)[C@@]2(F)C1. The Kier molecular flexibility index (Phi) is 5.04. The van der Waals surface area contributed by atoms with Gasteiger partial charge in [-0.15, -0.1) is 0 Å². The van der Waals surface area contributed by atoms with E-state index in [1.54, 1.807) is 0 Å². The lowest BCUT2D eigenvalue weighted by Gasteiger charge is -2.64. The number of carbonyl (C=O) groups is 2.